The van der Waals surface area contributed by atoms with E-state index in [0.717, 1.165) is 22.7 Å². The van der Waals surface area contributed by atoms with Crippen molar-refractivity contribution in [1.82, 2.24) is 10.3 Å². The summed E-state index contributed by atoms with van der Waals surface area (Å²) in [6, 6.07) is 8.35. The van der Waals surface area contributed by atoms with Gasteiger partial charge in [-0.3, -0.25) is 4.79 Å². The van der Waals surface area contributed by atoms with Crippen LogP contribution in [0, 0.1) is 6.92 Å². The maximum absolute atomic E-state index is 11.1. The normalized spacial score (nSPS) is 10.4. The molecular weight excluding hydrogens is 256 g/mol. The van der Waals surface area contributed by atoms with Crippen LogP contribution in [0.2, 0.25) is 0 Å². The van der Waals surface area contributed by atoms with E-state index >= 15 is 0 Å². The molecule has 1 amide bonds. The number of amides is 1. The highest BCUT2D eigenvalue weighted by Crippen LogP contribution is 2.24. The van der Waals surface area contributed by atoms with Crippen molar-refractivity contribution in [3.63, 3.8) is 0 Å². The predicted octanol–water partition coefficient (Wildman–Crippen LogP) is 3.19. The van der Waals surface area contributed by atoms with E-state index in [1.165, 1.54) is 5.56 Å². The number of benzene rings is 1. The second-order valence-corrected chi connectivity index (χ2v) is 5.33. The summed E-state index contributed by atoms with van der Waals surface area (Å²) in [4.78, 5) is 15.7. The minimum Gasteiger partial charge on any atom is -0.356 e. The van der Waals surface area contributed by atoms with E-state index in [-0.39, 0.29) is 5.91 Å². The van der Waals surface area contributed by atoms with E-state index in [2.05, 4.69) is 40.8 Å². The maximum atomic E-state index is 11.1. The Morgan fingerprint density at radius 1 is 1.42 bits per heavy atom. The molecule has 0 bridgehead atoms. The fraction of sp³-hybridized carbons (Fsp3) is 0.333. The molecule has 0 unspecified atom stereocenters. The summed E-state index contributed by atoms with van der Waals surface area (Å²) < 4.78 is 0. The second kappa shape index (κ2) is 6.48. The number of nitrogens with zero attached hydrogens (tertiary/aromatic N) is 1. The van der Waals surface area contributed by atoms with Crippen LogP contribution >= 0.6 is 11.3 Å². The largest absolute Gasteiger partial charge is 0.356 e. The summed E-state index contributed by atoms with van der Waals surface area (Å²) in [6.07, 6.45) is 1.32. The Balaban J connectivity index is 1.97. The zero-order chi connectivity index (χ0) is 13.7. The van der Waals surface area contributed by atoms with E-state index in [4.69, 9.17) is 0 Å². The van der Waals surface area contributed by atoms with E-state index in [0.29, 0.717) is 13.0 Å². The lowest BCUT2D eigenvalue weighted by molar-refractivity contribution is -0.120. The fourth-order valence-corrected chi connectivity index (χ4v) is 2.64. The number of thiazole rings is 1. The lowest BCUT2D eigenvalue weighted by Gasteiger charge is -2.01. The molecule has 2 rings (SSSR count). The summed E-state index contributed by atoms with van der Waals surface area (Å²) in [7, 11) is 0. The molecule has 0 aliphatic rings. The Morgan fingerprint density at radius 2 is 2.26 bits per heavy atom. The van der Waals surface area contributed by atoms with Crippen LogP contribution in [-0.2, 0) is 11.2 Å². The van der Waals surface area contributed by atoms with Crippen molar-refractivity contribution >= 4 is 17.2 Å². The third-order valence-corrected chi connectivity index (χ3v) is 3.78. The fourth-order valence-electron chi connectivity index (χ4n) is 1.79. The average molecular weight is 274 g/mol. The molecule has 0 saturated carbocycles. The Hall–Kier alpha value is -1.68. The highest BCUT2D eigenvalue weighted by atomic mass is 32.1. The standard InChI is InChI=1S/C15H18N2OS/c1-3-14(18)16-8-7-13-10-19-15(17-13)12-6-4-5-11(2)9-12/h4-6,9-10H,3,7-8H2,1-2H3,(H,16,18). The van der Waals surface area contributed by atoms with Crippen molar-refractivity contribution < 1.29 is 4.79 Å². The molecule has 0 fully saturated rings. The SMILES string of the molecule is CCC(=O)NCCc1csc(-c2cccc(C)c2)n1. The monoisotopic (exact) mass is 274 g/mol. The molecule has 2 aromatic rings. The molecule has 0 spiro atoms. The smallest absolute Gasteiger partial charge is 0.219 e. The van der Waals surface area contributed by atoms with Gasteiger partial charge in [0.25, 0.3) is 0 Å². The van der Waals surface area contributed by atoms with E-state index in [9.17, 15) is 4.79 Å². The summed E-state index contributed by atoms with van der Waals surface area (Å²) in [5, 5.41) is 5.97. The second-order valence-electron chi connectivity index (χ2n) is 4.47. The van der Waals surface area contributed by atoms with Crippen LogP contribution in [0.4, 0.5) is 0 Å². The number of carbonyl (C=O) groups excluding carboxylic acids is 1. The van der Waals surface area contributed by atoms with Crippen LogP contribution in [0.1, 0.15) is 24.6 Å². The first kappa shape index (κ1) is 13.7. The third-order valence-electron chi connectivity index (χ3n) is 2.84. The van der Waals surface area contributed by atoms with Gasteiger partial charge in [-0.25, -0.2) is 4.98 Å². The molecule has 3 nitrogen and oxygen atoms in total. The van der Waals surface area contributed by atoms with Gasteiger partial charge in [-0.1, -0.05) is 30.7 Å². The minimum atomic E-state index is 0.0918. The molecule has 1 aromatic heterocycles. The topological polar surface area (TPSA) is 42.0 Å². The molecule has 0 atom stereocenters. The summed E-state index contributed by atoms with van der Waals surface area (Å²) in [5.41, 5.74) is 3.44. The Kier molecular flexibility index (Phi) is 4.68. The first-order valence-corrected chi connectivity index (χ1v) is 7.35. The van der Waals surface area contributed by atoms with Crippen LogP contribution in [0.3, 0.4) is 0 Å². The van der Waals surface area contributed by atoms with Crippen LogP contribution in [0.15, 0.2) is 29.6 Å². The summed E-state index contributed by atoms with van der Waals surface area (Å²) in [5.74, 6) is 0.0918. The maximum Gasteiger partial charge on any atom is 0.219 e. The van der Waals surface area contributed by atoms with Gasteiger partial charge in [0, 0.05) is 30.3 Å². The van der Waals surface area contributed by atoms with Gasteiger partial charge in [-0.05, 0) is 13.0 Å². The Bertz CT molecular complexity index is 563. The van der Waals surface area contributed by atoms with Crippen LogP contribution in [0.25, 0.3) is 10.6 Å². The van der Waals surface area contributed by atoms with Crippen molar-refractivity contribution in [2.24, 2.45) is 0 Å². The van der Waals surface area contributed by atoms with Crippen LogP contribution in [0.5, 0.6) is 0 Å². The number of hydrogen-bond acceptors (Lipinski definition) is 3. The van der Waals surface area contributed by atoms with Gasteiger partial charge in [-0.15, -0.1) is 11.3 Å². The molecule has 1 N–H and O–H groups in total. The van der Waals surface area contributed by atoms with Gasteiger partial charge in [0.15, 0.2) is 0 Å². The van der Waals surface area contributed by atoms with Crippen LogP contribution < -0.4 is 5.32 Å². The number of rotatable bonds is 5. The third kappa shape index (κ3) is 3.89. The number of aromatic nitrogens is 1. The van der Waals surface area contributed by atoms with Crippen molar-refractivity contribution in [3.8, 4) is 10.6 Å². The van der Waals surface area contributed by atoms with E-state index < -0.39 is 0 Å². The first-order valence-electron chi connectivity index (χ1n) is 6.47. The molecule has 100 valence electrons. The van der Waals surface area contributed by atoms with Gasteiger partial charge < -0.3 is 5.32 Å². The molecule has 1 aromatic carbocycles. The number of hydrogen-bond donors (Lipinski definition) is 1. The predicted molar refractivity (Wildman–Crippen MR) is 79.3 cm³/mol. The molecule has 0 aliphatic carbocycles. The Morgan fingerprint density at radius 3 is 3.00 bits per heavy atom. The molecule has 0 radical (unpaired) electrons. The average Bonchev–Trinajstić information content (AvgIpc) is 2.87. The Labute approximate surface area is 117 Å². The number of carbonyl (C=O) groups is 1. The molecule has 0 saturated heterocycles. The summed E-state index contributed by atoms with van der Waals surface area (Å²) in [6.45, 7) is 4.59. The van der Waals surface area contributed by atoms with Crippen molar-refractivity contribution in [2.75, 3.05) is 6.54 Å². The first-order chi connectivity index (χ1) is 9.19. The van der Waals surface area contributed by atoms with E-state index in [1.807, 2.05) is 13.0 Å². The van der Waals surface area contributed by atoms with Gasteiger partial charge in [0.1, 0.15) is 5.01 Å². The zero-order valence-electron chi connectivity index (χ0n) is 11.3. The van der Waals surface area contributed by atoms with Crippen molar-refractivity contribution in [1.29, 1.82) is 0 Å². The van der Waals surface area contributed by atoms with Crippen molar-refractivity contribution in [2.45, 2.75) is 26.7 Å². The van der Waals surface area contributed by atoms with Crippen LogP contribution in [-0.4, -0.2) is 17.4 Å². The number of aryl methyl sites for hydroxylation is 1. The molecule has 19 heavy (non-hydrogen) atoms. The van der Waals surface area contributed by atoms with Gasteiger partial charge >= 0.3 is 0 Å². The molecule has 0 aliphatic heterocycles. The van der Waals surface area contributed by atoms with Gasteiger partial charge in [0.2, 0.25) is 5.91 Å². The number of nitrogens with one attached hydrogen (secondary N) is 1. The van der Waals surface area contributed by atoms with E-state index in [1.54, 1.807) is 11.3 Å². The quantitative estimate of drug-likeness (QED) is 0.910. The lowest BCUT2D eigenvalue weighted by Crippen LogP contribution is -2.24. The van der Waals surface area contributed by atoms with Gasteiger partial charge in [0.05, 0.1) is 5.69 Å². The highest BCUT2D eigenvalue weighted by molar-refractivity contribution is 7.13. The highest BCUT2D eigenvalue weighted by Gasteiger charge is 2.05. The van der Waals surface area contributed by atoms with Crippen molar-refractivity contribution in [3.05, 3.63) is 40.9 Å². The lowest BCUT2D eigenvalue weighted by atomic mass is 10.1. The molecular formula is C15H18N2OS. The minimum absolute atomic E-state index is 0.0918. The van der Waals surface area contributed by atoms with Gasteiger partial charge in [-0.2, -0.15) is 0 Å². The molecule has 4 heteroatoms. The zero-order valence-corrected chi connectivity index (χ0v) is 12.1. The summed E-state index contributed by atoms with van der Waals surface area (Å²) >= 11 is 1.65. The molecule has 1 heterocycles.